The van der Waals surface area contributed by atoms with Crippen LogP contribution in [-0.2, 0) is 9.59 Å². The normalized spacial score (nSPS) is 14.7. The minimum absolute atomic E-state index is 0.361. The van der Waals surface area contributed by atoms with E-state index in [2.05, 4.69) is 20.5 Å². The lowest BCUT2D eigenvalue weighted by molar-refractivity contribution is -0.136. The molecule has 1 saturated heterocycles. The minimum atomic E-state index is -0.703. The number of nitrogens with one attached hydrogen (secondary N) is 2. The van der Waals surface area contributed by atoms with E-state index in [1.807, 2.05) is 18.3 Å². The monoisotopic (exact) mass is 372 g/mol. The van der Waals surface area contributed by atoms with E-state index in [0.717, 1.165) is 31.6 Å². The van der Waals surface area contributed by atoms with Gasteiger partial charge in [0.25, 0.3) is 0 Å². The zero-order valence-corrected chi connectivity index (χ0v) is 15.1. The lowest BCUT2D eigenvalue weighted by atomic mass is 9.96. The van der Waals surface area contributed by atoms with Crippen LogP contribution in [0.15, 0.2) is 48.8 Å². The predicted octanol–water partition coefficient (Wildman–Crippen LogP) is 2.71. The summed E-state index contributed by atoms with van der Waals surface area (Å²) >= 11 is 5.98. The van der Waals surface area contributed by atoms with Gasteiger partial charge in [0.05, 0.1) is 22.6 Å². The average Bonchev–Trinajstić information content (AvgIpc) is 2.69. The van der Waals surface area contributed by atoms with Crippen LogP contribution in [0.2, 0.25) is 5.02 Å². The number of aromatic nitrogens is 1. The first-order valence-corrected chi connectivity index (χ1v) is 9.00. The second-order valence-electron chi connectivity index (χ2n) is 6.29. The molecule has 0 bridgehead atoms. The summed E-state index contributed by atoms with van der Waals surface area (Å²) in [4.78, 5) is 30.4. The van der Waals surface area contributed by atoms with Gasteiger partial charge in [0.2, 0.25) is 0 Å². The number of halogens is 1. The third-order valence-electron chi connectivity index (χ3n) is 4.51. The second kappa shape index (κ2) is 8.67. The Morgan fingerprint density at radius 2 is 1.88 bits per heavy atom. The quantitative estimate of drug-likeness (QED) is 0.809. The Balaban J connectivity index is 1.42. The lowest BCUT2D eigenvalue weighted by Crippen LogP contribution is -2.41. The number of piperidine rings is 1. The molecule has 7 heteroatoms. The molecule has 0 unspecified atom stereocenters. The number of carbonyl (C=O) groups excluding carboxylic acids is 2. The fourth-order valence-corrected chi connectivity index (χ4v) is 3.18. The molecule has 2 aromatic rings. The standard InChI is InChI=1S/C19H21ClN4O2/c20-16-5-1-2-6-17(16)23-19(26)18(25)22-12-14-7-10-24(11-8-14)15-4-3-9-21-13-15/h1-6,9,13-14H,7-8,10-12H2,(H,22,25)(H,23,26). The fraction of sp³-hybridized carbons (Fsp3) is 0.316. The summed E-state index contributed by atoms with van der Waals surface area (Å²) in [5.74, 6) is -0.981. The van der Waals surface area contributed by atoms with E-state index in [0.29, 0.717) is 23.2 Å². The van der Waals surface area contributed by atoms with Gasteiger partial charge in [0.1, 0.15) is 0 Å². The van der Waals surface area contributed by atoms with Gasteiger partial charge >= 0.3 is 11.8 Å². The van der Waals surface area contributed by atoms with Crippen molar-refractivity contribution >= 4 is 34.8 Å². The van der Waals surface area contributed by atoms with Gasteiger partial charge in [-0.15, -0.1) is 0 Å². The molecular weight excluding hydrogens is 352 g/mol. The number of carbonyl (C=O) groups is 2. The van der Waals surface area contributed by atoms with E-state index >= 15 is 0 Å². The molecule has 1 aromatic heterocycles. The highest BCUT2D eigenvalue weighted by Gasteiger charge is 2.21. The van der Waals surface area contributed by atoms with Crippen LogP contribution in [0.4, 0.5) is 11.4 Å². The lowest BCUT2D eigenvalue weighted by Gasteiger charge is -2.33. The summed E-state index contributed by atoms with van der Waals surface area (Å²) in [6.45, 7) is 2.33. The van der Waals surface area contributed by atoms with E-state index in [1.54, 1.807) is 30.5 Å². The maximum Gasteiger partial charge on any atom is 0.313 e. The van der Waals surface area contributed by atoms with Crippen molar-refractivity contribution in [3.63, 3.8) is 0 Å². The van der Waals surface area contributed by atoms with Crippen LogP contribution in [-0.4, -0.2) is 36.4 Å². The van der Waals surface area contributed by atoms with Crippen molar-refractivity contribution in [2.75, 3.05) is 29.9 Å². The number of amides is 2. The maximum atomic E-state index is 12.0. The average molecular weight is 373 g/mol. The Hall–Kier alpha value is -2.60. The first-order valence-electron chi connectivity index (χ1n) is 8.62. The molecule has 2 amide bonds. The van der Waals surface area contributed by atoms with E-state index in [9.17, 15) is 9.59 Å². The highest BCUT2D eigenvalue weighted by atomic mass is 35.5. The molecule has 1 fully saturated rings. The number of anilines is 2. The van der Waals surface area contributed by atoms with Gasteiger partial charge < -0.3 is 15.5 Å². The molecule has 136 valence electrons. The van der Waals surface area contributed by atoms with Crippen molar-refractivity contribution in [3.05, 3.63) is 53.8 Å². The van der Waals surface area contributed by atoms with Crippen LogP contribution in [0.1, 0.15) is 12.8 Å². The van der Waals surface area contributed by atoms with Crippen LogP contribution in [0, 0.1) is 5.92 Å². The molecule has 0 saturated carbocycles. The van der Waals surface area contributed by atoms with Gasteiger partial charge in [-0.25, -0.2) is 0 Å². The molecule has 2 N–H and O–H groups in total. The summed E-state index contributed by atoms with van der Waals surface area (Å²) in [6, 6.07) is 10.8. The van der Waals surface area contributed by atoms with Gasteiger partial charge in [-0.1, -0.05) is 23.7 Å². The third-order valence-corrected chi connectivity index (χ3v) is 4.83. The molecule has 1 aromatic carbocycles. The van der Waals surface area contributed by atoms with Crippen molar-refractivity contribution in [1.82, 2.24) is 10.3 Å². The number of rotatable bonds is 4. The van der Waals surface area contributed by atoms with Crippen LogP contribution >= 0.6 is 11.6 Å². The number of pyridine rings is 1. The smallest absolute Gasteiger partial charge is 0.313 e. The molecule has 1 aliphatic heterocycles. The number of hydrogen-bond acceptors (Lipinski definition) is 4. The maximum absolute atomic E-state index is 12.0. The van der Waals surface area contributed by atoms with E-state index in [4.69, 9.17) is 11.6 Å². The van der Waals surface area contributed by atoms with E-state index < -0.39 is 11.8 Å². The van der Waals surface area contributed by atoms with Crippen LogP contribution in [0.25, 0.3) is 0 Å². The Morgan fingerprint density at radius 3 is 2.58 bits per heavy atom. The molecule has 26 heavy (non-hydrogen) atoms. The number of nitrogens with zero attached hydrogens (tertiary/aromatic N) is 2. The summed E-state index contributed by atoms with van der Waals surface area (Å²) in [6.07, 6.45) is 5.54. The van der Waals surface area contributed by atoms with E-state index in [1.165, 1.54) is 0 Å². The number of para-hydroxylation sites is 1. The second-order valence-corrected chi connectivity index (χ2v) is 6.69. The Bertz CT molecular complexity index is 761. The summed E-state index contributed by atoms with van der Waals surface area (Å²) in [7, 11) is 0. The number of benzene rings is 1. The Labute approximate surface area is 157 Å². The first-order chi connectivity index (χ1) is 12.6. The molecule has 0 aliphatic carbocycles. The molecule has 6 nitrogen and oxygen atoms in total. The van der Waals surface area contributed by atoms with Crippen LogP contribution in [0.5, 0.6) is 0 Å². The fourth-order valence-electron chi connectivity index (χ4n) is 3.00. The summed E-state index contributed by atoms with van der Waals surface area (Å²) < 4.78 is 0. The third kappa shape index (κ3) is 4.73. The molecule has 1 aliphatic rings. The predicted molar refractivity (Wildman–Crippen MR) is 102 cm³/mol. The minimum Gasteiger partial charge on any atom is -0.370 e. The zero-order valence-electron chi connectivity index (χ0n) is 14.3. The van der Waals surface area contributed by atoms with Crippen LogP contribution < -0.4 is 15.5 Å². The first kappa shape index (κ1) is 18.2. The van der Waals surface area contributed by atoms with Gasteiger partial charge in [-0.05, 0) is 43.0 Å². The van der Waals surface area contributed by atoms with Crippen molar-refractivity contribution in [2.45, 2.75) is 12.8 Å². The highest BCUT2D eigenvalue weighted by Crippen LogP contribution is 2.22. The van der Waals surface area contributed by atoms with Crippen molar-refractivity contribution in [2.24, 2.45) is 5.92 Å². The molecule has 2 heterocycles. The Kier molecular flexibility index (Phi) is 6.07. The summed E-state index contributed by atoms with van der Waals surface area (Å²) in [5, 5.41) is 5.65. The molecule has 0 radical (unpaired) electrons. The highest BCUT2D eigenvalue weighted by molar-refractivity contribution is 6.41. The van der Waals surface area contributed by atoms with E-state index in [-0.39, 0.29) is 0 Å². The van der Waals surface area contributed by atoms with Gasteiger partial charge in [-0.3, -0.25) is 14.6 Å². The van der Waals surface area contributed by atoms with Crippen molar-refractivity contribution in [1.29, 1.82) is 0 Å². The van der Waals surface area contributed by atoms with Gasteiger partial charge in [0.15, 0.2) is 0 Å². The van der Waals surface area contributed by atoms with Gasteiger partial charge in [0, 0.05) is 25.8 Å². The summed E-state index contributed by atoms with van der Waals surface area (Å²) in [5.41, 5.74) is 1.55. The molecule has 0 spiro atoms. The van der Waals surface area contributed by atoms with Crippen LogP contribution in [0.3, 0.4) is 0 Å². The molecular formula is C19H21ClN4O2. The Morgan fingerprint density at radius 1 is 1.12 bits per heavy atom. The largest absolute Gasteiger partial charge is 0.370 e. The number of hydrogen-bond donors (Lipinski definition) is 2. The molecule has 3 rings (SSSR count). The topological polar surface area (TPSA) is 74.3 Å². The van der Waals surface area contributed by atoms with Crippen molar-refractivity contribution in [3.8, 4) is 0 Å². The SMILES string of the molecule is O=C(NCC1CCN(c2cccnc2)CC1)C(=O)Nc1ccccc1Cl. The zero-order chi connectivity index (χ0) is 18.4. The van der Waals surface area contributed by atoms with Gasteiger partial charge in [-0.2, -0.15) is 0 Å². The molecule has 0 atom stereocenters. The van der Waals surface area contributed by atoms with Crippen molar-refractivity contribution < 1.29 is 9.59 Å².